The van der Waals surface area contributed by atoms with Gasteiger partial charge in [0.05, 0.1) is 0 Å². The van der Waals surface area contributed by atoms with Crippen molar-refractivity contribution in [3.63, 3.8) is 0 Å². The third kappa shape index (κ3) is 1.94. The van der Waals surface area contributed by atoms with Crippen molar-refractivity contribution in [1.29, 1.82) is 0 Å². The Morgan fingerprint density at radius 2 is 2.27 bits per heavy atom. The maximum Gasteiger partial charge on any atom is 0.168 e. The minimum Gasteiger partial charge on any atom is -0.296 e. The van der Waals surface area contributed by atoms with Crippen LogP contribution in [0.25, 0.3) is 0 Å². The van der Waals surface area contributed by atoms with Gasteiger partial charge in [0.25, 0.3) is 0 Å². The van der Waals surface area contributed by atoms with Crippen LogP contribution in [0, 0.1) is 5.92 Å². The van der Waals surface area contributed by atoms with Gasteiger partial charge in [-0.2, -0.15) is 0 Å². The number of rotatable bonds is 2. The Morgan fingerprint density at radius 3 is 2.93 bits per heavy atom. The van der Waals surface area contributed by atoms with E-state index in [0.29, 0.717) is 17.5 Å². The van der Waals surface area contributed by atoms with Gasteiger partial charge in [0.15, 0.2) is 6.29 Å². The van der Waals surface area contributed by atoms with E-state index in [1.165, 1.54) is 24.1 Å². The highest BCUT2D eigenvalue weighted by Gasteiger charge is 2.24. The van der Waals surface area contributed by atoms with E-state index < -0.39 is 0 Å². The molecule has 1 aliphatic carbocycles. The number of aldehydes is 1. The van der Waals surface area contributed by atoms with Crippen molar-refractivity contribution in [1.82, 2.24) is 4.98 Å². The molecular weight excluding hydrogens is 186 g/mol. The van der Waals surface area contributed by atoms with Crippen LogP contribution >= 0.6 is 0 Å². The van der Waals surface area contributed by atoms with Crippen molar-refractivity contribution in [3.05, 3.63) is 29.1 Å². The molecule has 0 bridgehead atoms. The molecule has 1 unspecified atom stereocenters. The third-order valence-corrected chi connectivity index (χ3v) is 3.27. The van der Waals surface area contributed by atoms with Gasteiger partial charge in [-0.05, 0) is 36.8 Å². The summed E-state index contributed by atoms with van der Waals surface area (Å²) in [7, 11) is 0. The second-order valence-electron chi connectivity index (χ2n) is 4.64. The molecule has 80 valence electrons. The predicted octanol–water partition coefficient (Wildman–Crippen LogP) is 2.97. The van der Waals surface area contributed by atoms with Gasteiger partial charge in [0.2, 0.25) is 0 Å². The smallest absolute Gasteiger partial charge is 0.168 e. The van der Waals surface area contributed by atoms with Crippen molar-refractivity contribution in [2.24, 2.45) is 5.92 Å². The van der Waals surface area contributed by atoms with Crippen LogP contribution in [-0.2, 0) is 6.42 Å². The first kappa shape index (κ1) is 10.3. The number of fused-ring (bicyclic) bond motifs is 1. The lowest BCUT2D eigenvalue weighted by molar-refractivity contribution is 0.111. The second-order valence-corrected chi connectivity index (χ2v) is 4.64. The van der Waals surface area contributed by atoms with E-state index in [2.05, 4.69) is 24.9 Å². The van der Waals surface area contributed by atoms with E-state index >= 15 is 0 Å². The molecule has 2 nitrogen and oxygen atoms in total. The van der Waals surface area contributed by atoms with Gasteiger partial charge >= 0.3 is 0 Å². The Bertz CT molecular complexity index is 371. The topological polar surface area (TPSA) is 30.0 Å². The quantitative estimate of drug-likeness (QED) is 0.692. The molecule has 0 radical (unpaired) electrons. The van der Waals surface area contributed by atoms with Gasteiger partial charge in [-0.3, -0.25) is 4.79 Å². The Labute approximate surface area is 90.7 Å². The van der Waals surface area contributed by atoms with Gasteiger partial charge in [-0.15, -0.1) is 0 Å². The minimum absolute atomic E-state index is 0.536. The van der Waals surface area contributed by atoms with Crippen LogP contribution in [-0.4, -0.2) is 11.3 Å². The number of nitrogens with zero attached hydrogens (tertiary/aromatic N) is 1. The molecule has 0 saturated carbocycles. The number of pyridine rings is 1. The number of carbonyl (C=O) groups excluding carboxylic acids is 1. The number of hydrogen-bond donors (Lipinski definition) is 0. The van der Waals surface area contributed by atoms with Crippen molar-refractivity contribution in [2.45, 2.75) is 39.0 Å². The normalized spacial score (nSPS) is 20.1. The standard InChI is InChI=1S/C13H17NO/c1-9(2)12-5-3-4-10-6-7-11(8-15)14-13(10)12/h6-9,12H,3-5H2,1-2H3. The van der Waals surface area contributed by atoms with Crippen LogP contribution in [0.5, 0.6) is 0 Å². The Hall–Kier alpha value is -1.18. The maximum absolute atomic E-state index is 10.7. The molecule has 1 heterocycles. The molecule has 1 aromatic heterocycles. The molecule has 0 amide bonds. The Balaban J connectivity index is 2.43. The Kier molecular flexibility index (Phi) is 2.85. The van der Waals surface area contributed by atoms with Crippen molar-refractivity contribution in [3.8, 4) is 0 Å². The zero-order chi connectivity index (χ0) is 10.8. The van der Waals surface area contributed by atoms with Crippen LogP contribution in [0.4, 0.5) is 0 Å². The molecule has 1 atom stereocenters. The largest absolute Gasteiger partial charge is 0.296 e. The summed E-state index contributed by atoms with van der Waals surface area (Å²) < 4.78 is 0. The first-order valence-electron chi connectivity index (χ1n) is 5.67. The summed E-state index contributed by atoms with van der Waals surface area (Å²) in [6, 6.07) is 3.90. The van der Waals surface area contributed by atoms with Gasteiger partial charge < -0.3 is 0 Å². The second kappa shape index (κ2) is 4.13. The van der Waals surface area contributed by atoms with Crippen molar-refractivity contribution < 1.29 is 4.79 Å². The van der Waals surface area contributed by atoms with Gasteiger partial charge in [0.1, 0.15) is 5.69 Å². The lowest BCUT2D eigenvalue weighted by Crippen LogP contribution is -2.17. The molecule has 0 aromatic carbocycles. The van der Waals surface area contributed by atoms with Gasteiger partial charge in [-0.1, -0.05) is 19.9 Å². The fourth-order valence-corrected chi connectivity index (χ4v) is 2.42. The first-order chi connectivity index (χ1) is 7.22. The van der Waals surface area contributed by atoms with Gasteiger partial charge in [-0.25, -0.2) is 4.98 Å². The molecule has 1 aliphatic rings. The molecule has 0 aliphatic heterocycles. The van der Waals surface area contributed by atoms with Crippen LogP contribution in [0.2, 0.25) is 0 Å². The van der Waals surface area contributed by atoms with Crippen molar-refractivity contribution in [2.75, 3.05) is 0 Å². The molecule has 1 aromatic rings. The zero-order valence-corrected chi connectivity index (χ0v) is 9.36. The van der Waals surface area contributed by atoms with E-state index in [1.54, 1.807) is 0 Å². The summed E-state index contributed by atoms with van der Waals surface area (Å²) in [5, 5.41) is 0. The molecule has 0 saturated heterocycles. The van der Waals surface area contributed by atoms with E-state index in [0.717, 1.165) is 12.7 Å². The highest BCUT2D eigenvalue weighted by atomic mass is 16.1. The van der Waals surface area contributed by atoms with Crippen LogP contribution in [0.15, 0.2) is 12.1 Å². The molecule has 0 fully saturated rings. The molecule has 2 heteroatoms. The van der Waals surface area contributed by atoms with Crippen LogP contribution in [0.1, 0.15) is 54.4 Å². The number of aryl methyl sites for hydroxylation is 1. The van der Waals surface area contributed by atoms with E-state index in [4.69, 9.17) is 0 Å². The average Bonchev–Trinajstić information content (AvgIpc) is 2.27. The van der Waals surface area contributed by atoms with Crippen LogP contribution < -0.4 is 0 Å². The molecule has 2 rings (SSSR count). The van der Waals surface area contributed by atoms with E-state index in [-0.39, 0.29) is 0 Å². The molecule has 0 spiro atoms. The highest BCUT2D eigenvalue weighted by Crippen LogP contribution is 2.35. The third-order valence-electron chi connectivity index (χ3n) is 3.27. The van der Waals surface area contributed by atoms with Gasteiger partial charge in [0, 0.05) is 11.6 Å². The highest BCUT2D eigenvalue weighted by molar-refractivity contribution is 5.71. The summed E-state index contributed by atoms with van der Waals surface area (Å²) in [6.45, 7) is 4.46. The zero-order valence-electron chi connectivity index (χ0n) is 9.36. The van der Waals surface area contributed by atoms with E-state index in [1.807, 2.05) is 6.07 Å². The number of carbonyl (C=O) groups is 1. The summed E-state index contributed by atoms with van der Waals surface area (Å²) in [5.74, 6) is 1.15. The maximum atomic E-state index is 10.7. The van der Waals surface area contributed by atoms with Crippen LogP contribution in [0.3, 0.4) is 0 Å². The molecule has 15 heavy (non-hydrogen) atoms. The minimum atomic E-state index is 0.536. The average molecular weight is 203 g/mol. The lowest BCUT2D eigenvalue weighted by Gasteiger charge is -2.27. The molecular formula is C13H17NO. The summed E-state index contributed by atoms with van der Waals surface area (Å²) in [4.78, 5) is 15.2. The monoisotopic (exact) mass is 203 g/mol. The SMILES string of the molecule is CC(C)C1CCCc2ccc(C=O)nc21. The number of hydrogen-bond acceptors (Lipinski definition) is 2. The lowest BCUT2D eigenvalue weighted by atomic mass is 9.80. The molecule has 0 N–H and O–H groups in total. The number of aromatic nitrogens is 1. The van der Waals surface area contributed by atoms with Crippen molar-refractivity contribution >= 4 is 6.29 Å². The van der Waals surface area contributed by atoms with E-state index in [9.17, 15) is 4.79 Å². The summed E-state index contributed by atoms with van der Waals surface area (Å²) >= 11 is 0. The predicted molar refractivity (Wildman–Crippen MR) is 60.1 cm³/mol. The fraction of sp³-hybridized carbons (Fsp3) is 0.538. The first-order valence-corrected chi connectivity index (χ1v) is 5.67. The Morgan fingerprint density at radius 1 is 1.47 bits per heavy atom. The summed E-state index contributed by atoms with van der Waals surface area (Å²) in [5.41, 5.74) is 3.08. The fourth-order valence-electron chi connectivity index (χ4n) is 2.42. The summed E-state index contributed by atoms with van der Waals surface area (Å²) in [6.07, 6.45) is 4.41.